The highest BCUT2D eigenvalue weighted by Gasteiger charge is 2.15. The quantitative estimate of drug-likeness (QED) is 0.384. The molecular formula is C21H20O6. The largest absolute Gasteiger partial charge is 0.497 e. The second-order valence-corrected chi connectivity index (χ2v) is 6.29. The van der Waals surface area contributed by atoms with Crippen LogP contribution in [0.2, 0.25) is 0 Å². The van der Waals surface area contributed by atoms with Crippen molar-refractivity contribution in [1.82, 2.24) is 0 Å². The Morgan fingerprint density at radius 3 is 2.33 bits per heavy atom. The number of methoxy groups -OCH3 is 2. The zero-order chi connectivity index (χ0) is 19.6. The topological polar surface area (TPSA) is 75.0 Å². The molecule has 0 aliphatic heterocycles. The number of rotatable bonds is 5. The van der Waals surface area contributed by atoms with Crippen LogP contribution in [0.3, 0.4) is 0 Å². The molecule has 0 N–H and O–H groups in total. The van der Waals surface area contributed by atoms with Crippen molar-refractivity contribution in [1.29, 1.82) is 0 Å². The molecule has 0 aliphatic carbocycles. The summed E-state index contributed by atoms with van der Waals surface area (Å²) < 4.78 is 21.3. The fourth-order valence-corrected chi connectivity index (χ4v) is 2.60. The van der Waals surface area contributed by atoms with Crippen LogP contribution in [0.5, 0.6) is 17.2 Å². The fourth-order valence-electron chi connectivity index (χ4n) is 2.60. The summed E-state index contributed by atoms with van der Waals surface area (Å²) >= 11 is 0. The summed E-state index contributed by atoms with van der Waals surface area (Å²) in [6.07, 6.45) is 0. The Kier molecular flexibility index (Phi) is 5.16. The Labute approximate surface area is 156 Å². The predicted molar refractivity (Wildman–Crippen MR) is 101 cm³/mol. The molecule has 3 aromatic rings. The molecule has 6 nitrogen and oxygen atoms in total. The van der Waals surface area contributed by atoms with Crippen LogP contribution in [0.4, 0.5) is 0 Å². The van der Waals surface area contributed by atoms with Gasteiger partial charge in [0, 0.05) is 17.0 Å². The first-order chi connectivity index (χ1) is 12.9. The third-order valence-electron chi connectivity index (χ3n) is 4.09. The van der Waals surface area contributed by atoms with E-state index in [4.69, 9.17) is 18.6 Å². The summed E-state index contributed by atoms with van der Waals surface area (Å²) in [4.78, 5) is 24.3. The second-order valence-electron chi connectivity index (χ2n) is 6.29. The van der Waals surface area contributed by atoms with Crippen molar-refractivity contribution in [2.45, 2.75) is 13.8 Å². The van der Waals surface area contributed by atoms with E-state index in [0.717, 1.165) is 0 Å². The molecule has 0 bridgehead atoms. The van der Waals surface area contributed by atoms with Gasteiger partial charge in [0.2, 0.25) is 0 Å². The van der Waals surface area contributed by atoms with Crippen molar-refractivity contribution in [3.05, 3.63) is 52.9 Å². The number of carbonyl (C=O) groups excluding carboxylic acids is 1. The Balaban J connectivity index is 2.08. The van der Waals surface area contributed by atoms with Crippen molar-refractivity contribution >= 4 is 16.9 Å². The molecule has 0 aliphatic rings. The highest BCUT2D eigenvalue weighted by molar-refractivity contribution is 5.85. The molecule has 0 unspecified atom stereocenters. The molecule has 3 rings (SSSR count). The van der Waals surface area contributed by atoms with Gasteiger partial charge in [0.15, 0.2) is 0 Å². The molecule has 0 saturated heterocycles. The van der Waals surface area contributed by atoms with E-state index >= 15 is 0 Å². The van der Waals surface area contributed by atoms with E-state index in [-0.39, 0.29) is 11.9 Å². The van der Waals surface area contributed by atoms with Crippen molar-refractivity contribution < 1.29 is 23.4 Å². The normalized spacial score (nSPS) is 10.9. The molecule has 0 spiro atoms. The zero-order valence-electron chi connectivity index (χ0n) is 15.6. The average Bonchev–Trinajstić information content (AvgIpc) is 2.66. The zero-order valence-corrected chi connectivity index (χ0v) is 15.6. The Morgan fingerprint density at radius 1 is 0.926 bits per heavy atom. The highest BCUT2D eigenvalue weighted by atomic mass is 16.5. The average molecular weight is 368 g/mol. The summed E-state index contributed by atoms with van der Waals surface area (Å²) in [6.45, 7) is 3.49. The van der Waals surface area contributed by atoms with Crippen LogP contribution in [0.1, 0.15) is 13.8 Å². The van der Waals surface area contributed by atoms with Crippen molar-refractivity contribution in [2.24, 2.45) is 5.92 Å². The number of fused-ring (bicyclic) bond motifs is 1. The van der Waals surface area contributed by atoms with E-state index in [1.807, 2.05) is 0 Å². The first-order valence-corrected chi connectivity index (χ1v) is 8.45. The third-order valence-corrected chi connectivity index (χ3v) is 4.09. The number of benzene rings is 2. The molecular weight excluding hydrogens is 348 g/mol. The number of hydrogen-bond acceptors (Lipinski definition) is 6. The van der Waals surface area contributed by atoms with Gasteiger partial charge in [-0.15, -0.1) is 0 Å². The van der Waals surface area contributed by atoms with Gasteiger partial charge < -0.3 is 18.6 Å². The Bertz CT molecular complexity index is 1050. The van der Waals surface area contributed by atoms with Crippen molar-refractivity contribution in [2.75, 3.05) is 14.2 Å². The summed E-state index contributed by atoms with van der Waals surface area (Å²) in [7, 11) is 3.08. The fraction of sp³-hybridized carbons (Fsp3) is 0.238. The molecule has 0 radical (unpaired) electrons. The van der Waals surface area contributed by atoms with Crippen LogP contribution in [-0.4, -0.2) is 20.2 Å². The van der Waals surface area contributed by atoms with Crippen molar-refractivity contribution in [3.8, 4) is 28.4 Å². The smallest absolute Gasteiger partial charge is 0.344 e. The SMILES string of the molecule is COc1ccc(OC)c(-c2cc3ccc(OC(=O)C(C)C)cc3oc2=O)c1. The van der Waals surface area contributed by atoms with Gasteiger partial charge in [0.1, 0.15) is 22.8 Å². The third kappa shape index (κ3) is 3.79. The molecule has 1 aromatic heterocycles. The summed E-state index contributed by atoms with van der Waals surface area (Å²) in [5, 5.41) is 0.693. The van der Waals surface area contributed by atoms with E-state index < -0.39 is 5.63 Å². The number of hydrogen-bond donors (Lipinski definition) is 0. The summed E-state index contributed by atoms with van der Waals surface area (Å²) in [6, 6.07) is 11.8. The lowest BCUT2D eigenvalue weighted by molar-refractivity contribution is -0.137. The number of esters is 1. The van der Waals surface area contributed by atoms with E-state index in [0.29, 0.717) is 39.3 Å². The van der Waals surface area contributed by atoms with Crippen LogP contribution < -0.4 is 19.8 Å². The molecule has 6 heteroatoms. The number of ether oxygens (including phenoxy) is 3. The lowest BCUT2D eigenvalue weighted by Crippen LogP contribution is -2.14. The lowest BCUT2D eigenvalue weighted by Gasteiger charge is -2.11. The van der Waals surface area contributed by atoms with Crippen LogP contribution in [0, 0.1) is 5.92 Å². The lowest BCUT2D eigenvalue weighted by atomic mass is 10.0. The van der Waals surface area contributed by atoms with Crippen LogP contribution >= 0.6 is 0 Å². The molecule has 0 atom stereocenters. The summed E-state index contributed by atoms with van der Waals surface area (Å²) in [5.41, 5.74) is 0.731. The van der Waals surface area contributed by atoms with E-state index in [2.05, 4.69) is 0 Å². The molecule has 2 aromatic carbocycles. The van der Waals surface area contributed by atoms with E-state index in [9.17, 15) is 9.59 Å². The highest BCUT2D eigenvalue weighted by Crippen LogP contribution is 2.33. The second kappa shape index (κ2) is 7.53. The van der Waals surface area contributed by atoms with Gasteiger partial charge in [0.25, 0.3) is 0 Å². The van der Waals surface area contributed by atoms with Gasteiger partial charge in [-0.3, -0.25) is 4.79 Å². The van der Waals surface area contributed by atoms with Gasteiger partial charge in [-0.2, -0.15) is 0 Å². The van der Waals surface area contributed by atoms with Gasteiger partial charge in [-0.1, -0.05) is 13.8 Å². The van der Waals surface area contributed by atoms with Crippen LogP contribution in [0.25, 0.3) is 22.1 Å². The minimum Gasteiger partial charge on any atom is -0.497 e. The predicted octanol–water partition coefficient (Wildman–Crippen LogP) is 4.04. The molecule has 27 heavy (non-hydrogen) atoms. The molecule has 0 saturated carbocycles. The first kappa shape index (κ1) is 18.5. The van der Waals surface area contributed by atoms with E-state index in [1.54, 1.807) is 57.4 Å². The Hall–Kier alpha value is -3.28. The van der Waals surface area contributed by atoms with Crippen LogP contribution in [-0.2, 0) is 4.79 Å². The van der Waals surface area contributed by atoms with Gasteiger partial charge in [-0.05, 0) is 36.4 Å². The first-order valence-electron chi connectivity index (χ1n) is 8.45. The minimum atomic E-state index is -0.526. The standard InChI is InChI=1S/C21H20O6/c1-12(2)20(22)26-15-6-5-13-9-17(21(23)27-19(13)11-15)16-10-14(24-3)7-8-18(16)25-4/h5-12H,1-4H3. The van der Waals surface area contributed by atoms with Crippen LogP contribution in [0.15, 0.2) is 51.7 Å². The molecule has 0 fully saturated rings. The molecule has 1 heterocycles. The maximum atomic E-state index is 12.6. The van der Waals surface area contributed by atoms with Gasteiger partial charge in [-0.25, -0.2) is 4.79 Å². The monoisotopic (exact) mass is 368 g/mol. The van der Waals surface area contributed by atoms with E-state index in [1.165, 1.54) is 13.2 Å². The molecule has 140 valence electrons. The number of carbonyl (C=O) groups is 1. The Morgan fingerprint density at radius 2 is 1.67 bits per heavy atom. The van der Waals surface area contributed by atoms with Gasteiger partial charge >= 0.3 is 11.6 Å². The summed E-state index contributed by atoms with van der Waals surface area (Å²) in [5.74, 6) is 0.854. The molecule has 0 amide bonds. The maximum absolute atomic E-state index is 12.6. The van der Waals surface area contributed by atoms with Gasteiger partial charge in [0.05, 0.1) is 25.7 Å². The van der Waals surface area contributed by atoms with Crippen molar-refractivity contribution in [3.63, 3.8) is 0 Å². The minimum absolute atomic E-state index is 0.254. The maximum Gasteiger partial charge on any atom is 0.344 e.